The second-order valence-electron chi connectivity index (χ2n) is 1.15. The molecule has 1 rings (SSSR count). The molecule has 48 valence electrons. The number of carboxylic acid groups (broad SMARTS) is 1. The third kappa shape index (κ3) is 2.27. The standard InChI is InChI=1S/C3HClN2O2S.Li/c4-3-6-5-1(9-3)2(7)8;/h(H,7,8);/q;+1/p-1. The molecule has 1 aromatic heterocycles. The molecule has 7 heteroatoms. The SMILES string of the molecule is O=C([O-])c1nnc(Cl)s1.[Li+]. The summed E-state index contributed by atoms with van der Waals surface area (Å²) in [5.74, 6) is -1.35. The first-order valence-corrected chi connectivity index (χ1v) is 3.10. The molecule has 0 aliphatic rings. The Morgan fingerprint density at radius 2 is 2.20 bits per heavy atom. The maximum absolute atomic E-state index is 9.95. The number of halogens is 1. The normalized spacial score (nSPS) is 8.50. The van der Waals surface area contributed by atoms with Crippen LogP contribution in [0.1, 0.15) is 9.80 Å². The van der Waals surface area contributed by atoms with Crippen LogP contribution in [-0.2, 0) is 0 Å². The van der Waals surface area contributed by atoms with Gasteiger partial charge in [-0.05, 0) is 11.6 Å². The van der Waals surface area contributed by atoms with Crippen LogP contribution in [0, 0.1) is 0 Å². The molecular formula is C3ClLiN2O2S. The predicted molar refractivity (Wildman–Crippen MR) is 29.2 cm³/mol. The minimum absolute atomic E-state index is 0. The van der Waals surface area contributed by atoms with Gasteiger partial charge in [0.1, 0.15) is 5.97 Å². The largest absolute Gasteiger partial charge is 1.00 e. The summed E-state index contributed by atoms with van der Waals surface area (Å²) in [6, 6.07) is 0. The number of aromatic carboxylic acids is 1. The fourth-order valence-electron chi connectivity index (χ4n) is 0.288. The molecule has 0 aliphatic heterocycles. The van der Waals surface area contributed by atoms with Crippen LogP contribution in [0.3, 0.4) is 0 Å². The van der Waals surface area contributed by atoms with E-state index in [1.54, 1.807) is 0 Å². The van der Waals surface area contributed by atoms with Crippen molar-refractivity contribution in [2.75, 3.05) is 0 Å². The molecule has 0 unspecified atom stereocenters. The molecular weight excluding hydrogens is 171 g/mol. The second-order valence-corrected chi connectivity index (χ2v) is 2.71. The van der Waals surface area contributed by atoms with Crippen molar-refractivity contribution in [2.45, 2.75) is 0 Å². The van der Waals surface area contributed by atoms with Crippen LogP contribution in [0.2, 0.25) is 4.47 Å². The van der Waals surface area contributed by atoms with Crippen molar-refractivity contribution in [1.82, 2.24) is 10.2 Å². The van der Waals surface area contributed by atoms with Crippen molar-refractivity contribution in [1.29, 1.82) is 0 Å². The van der Waals surface area contributed by atoms with Gasteiger partial charge < -0.3 is 9.90 Å². The van der Waals surface area contributed by atoms with E-state index in [9.17, 15) is 9.90 Å². The third-order valence-corrected chi connectivity index (χ3v) is 1.57. The molecule has 0 spiro atoms. The molecule has 10 heavy (non-hydrogen) atoms. The number of hydrogen-bond donors (Lipinski definition) is 0. The van der Waals surface area contributed by atoms with Crippen molar-refractivity contribution in [2.24, 2.45) is 0 Å². The van der Waals surface area contributed by atoms with E-state index in [2.05, 4.69) is 10.2 Å². The average Bonchev–Trinajstić information content (AvgIpc) is 2.14. The van der Waals surface area contributed by atoms with E-state index in [-0.39, 0.29) is 28.3 Å². The van der Waals surface area contributed by atoms with Crippen LogP contribution in [-0.4, -0.2) is 16.2 Å². The molecule has 0 bridgehead atoms. The third-order valence-electron chi connectivity index (χ3n) is 0.575. The van der Waals surface area contributed by atoms with Crippen LogP contribution >= 0.6 is 22.9 Å². The minimum Gasteiger partial charge on any atom is -0.542 e. The van der Waals surface area contributed by atoms with Gasteiger partial charge in [0.2, 0.25) is 4.47 Å². The van der Waals surface area contributed by atoms with Gasteiger partial charge in [0.15, 0.2) is 5.01 Å². The first-order chi connectivity index (χ1) is 4.20. The number of carbonyl (C=O) groups excluding carboxylic acids is 1. The summed E-state index contributed by atoms with van der Waals surface area (Å²) in [5, 5.41) is 16.2. The summed E-state index contributed by atoms with van der Waals surface area (Å²) in [6.07, 6.45) is 0. The minimum atomic E-state index is -1.35. The summed E-state index contributed by atoms with van der Waals surface area (Å²) in [4.78, 5) is 9.95. The van der Waals surface area contributed by atoms with Gasteiger partial charge in [0, 0.05) is 0 Å². The quantitative estimate of drug-likeness (QED) is 0.412. The maximum atomic E-state index is 9.95. The Bertz CT molecular complexity index is 240. The fourth-order valence-corrected chi connectivity index (χ4v) is 0.951. The number of nitrogens with zero attached hydrogens (tertiary/aromatic N) is 2. The molecule has 0 amide bonds. The van der Waals surface area contributed by atoms with Crippen molar-refractivity contribution >= 4 is 28.9 Å². The van der Waals surface area contributed by atoms with Gasteiger partial charge in [-0.3, -0.25) is 0 Å². The van der Waals surface area contributed by atoms with Gasteiger partial charge in [-0.2, -0.15) is 0 Å². The molecule has 1 aromatic rings. The van der Waals surface area contributed by atoms with E-state index >= 15 is 0 Å². The Labute approximate surface area is 77.4 Å². The Balaban J connectivity index is 0.000000810. The smallest absolute Gasteiger partial charge is 0.542 e. The van der Waals surface area contributed by atoms with Crippen molar-refractivity contribution < 1.29 is 28.8 Å². The van der Waals surface area contributed by atoms with Crippen LogP contribution in [0.15, 0.2) is 0 Å². The molecule has 0 N–H and O–H groups in total. The van der Waals surface area contributed by atoms with E-state index in [0.717, 1.165) is 11.3 Å². The van der Waals surface area contributed by atoms with Gasteiger partial charge in [-0.15, -0.1) is 10.2 Å². The number of rotatable bonds is 1. The van der Waals surface area contributed by atoms with Gasteiger partial charge in [0.05, 0.1) is 0 Å². The van der Waals surface area contributed by atoms with Crippen molar-refractivity contribution in [3.63, 3.8) is 0 Å². The average molecular weight is 171 g/mol. The van der Waals surface area contributed by atoms with E-state index < -0.39 is 5.97 Å². The van der Waals surface area contributed by atoms with Crippen LogP contribution < -0.4 is 24.0 Å². The monoisotopic (exact) mass is 170 g/mol. The Hall–Kier alpha value is -0.0826. The van der Waals surface area contributed by atoms with Crippen molar-refractivity contribution in [3.8, 4) is 0 Å². The fraction of sp³-hybridized carbons (Fsp3) is 0. The Morgan fingerprint density at radius 3 is 2.40 bits per heavy atom. The molecule has 0 radical (unpaired) electrons. The van der Waals surface area contributed by atoms with Crippen molar-refractivity contribution in [3.05, 3.63) is 9.47 Å². The summed E-state index contributed by atoms with van der Waals surface area (Å²) in [6.45, 7) is 0. The molecule has 0 aromatic carbocycles. The van der Waals surface area contributed by atoms with Crippen LogP contribution in [0.5, 0.6) is 0 Å². The number of hydrogen-bond acceptors (Lipinski definition) is 5. The van der Waals surface area contributed by atoms with E-state index in [1.165, 1.54) is 0 Å². The summed E-state index contributed by atoms with van der Waals surface area (Å²) < 4.78 is 0.106. The van der Waals surface area contributed by atoms with Gasteiger partial charge in [0.25, 0.3) is 0 Å². The van der Waals surface area contributed by atoms with E-state index in [1.807, 2.05) is 0 Å². The first kappa shape index (κ1) is 9.92. The zero-order valence-corrected chi connectivity index (χ0v) is 6.57. The molecule has 0 saturated carbocycles. The number of aromatic nitrogens is 2. The second kappa shape index (κ2) is 3.94. The topological polar surface area (TPSA) is 65.9 Å². The Kier molecular flexibility index (Phi) is 3.90. The molecule has 0 atom stereocenters. The summed E-state index contributed by atoms with van der Waals surface area (Å²) in [5.41, 5.74) is 0. The summed E-state index contributed by atoms with van der Waals surface area (Å²) >= 11 is 6.04. The molecule has 0 saturated heterocycles. The molecule has 0 aliphatic carbocycles. The first-order valence-electron chi connectivity index (χ1n) is 1.90. The summed E-state index contributed by atoms with van der Waals surface area (Å²) in [7, 11) is 0. The molecule has 1 heterocycles. The van der Waals surface area contributed by atoms with E-state index in [4.69, 9.17) is 11.6 Å². The zero-order valence-electron chi connectivity index (χ0n) is 5.00. The predicted octanol–water partition coefficient (Wildman–Crippen LogP) is -3.44. The van der Waals surface area contributed by atoms with Gasteiger partial charge in [-0.1, -0.05) is 11.3 Å². The van der Waals surface area contributed by atoms with Gasteiger partial charge in [-0.25, -0.2) is 0 Å². The zero-order chi connectivity index (χ0) is 6.85. The number of carbonyl (C=O) groups is 1. The van der Waals surface area contributed by atoms with Gasteiger partial charge >= 0.3 is 18.9 Å². The number of carboxylic acids is 1. The maximum Gasteiger partial charge on any atom is 1.00 e. The van der Waals surface area contributed by atoms with Crippen LogP contribution in [0.4, 0.5) is 0 Å². The van der Waals surface area contributed by atoms with Crippen LogP contribution in [0.25, 0.3) is 0 Å². The molecule has 4 nitrogen and oxygen atoms in total. The van der Waals surface area contributed by atoms with E-state index in [0.29, 0.717) is 0 Å². The Morgan fingerprint density at radius 1 is 1.60 bits per heavy atom. The molecule has 0 fully saturated rings.